The van der Waals surface area contributed by atoms with E-state index < -0.39 is 0 Å². The molecule has 0 heterocycles. The fourth-order valence-electron chi connectivity index (χ4n) is 3.47. The van der Waals surface area contributed by atoms with Crippen molar-refractivity contribution >= 4 is 30.7 Å². The molecule has 156 valence electrons. The van der Waals surface area contributed by atoms with Gasteiger partial charge in [0.25, 0.3) is 5.91 Å². The first-order chi connectivity index (χ1) is 12.2. The molecule has 0 radical (unpaired) electrons. The fraction of sp³-hybridized carbons (Fsp3) is 0.650. The van der Waals surface area contributed by atoms with Crippen LogP contribution in [0.25, 0.3) is 0 Å². The Labute approximate surface area is 176 Å². The Morgan fingerprint density at radius 3 is 2.37 bits per heavy atom. The minimum atomic E-state index is -0.0139. The van der Waals surface area contributed by atoms with Crippen molar-refractivity contribution in [1.29, 1.82) is 0 Å². The summed E-state index contributed by atoms with van der Waals surface area (Å²) in [6.07, 6.45) is 4.52. The van der Waals surface area contributed by atoms with E-state index in [0.29, 0.717) is 24.6 Å². The Hall–Kier alpha value is -1.01. The molecule has 0 bridgehead atoms. The van der Waals surface area contributed by atoms with Gasteiger partial charge in [0, 0.05) is 18.2 Å². The van der Waals surface area contributed by atoms with Crippen molar-refractivity contribution in [3.8, 4) is 5.75 Å². The van der Waals surface area contributed by atoms with Crippen LogP contribution in [0.4, 0.5) is 0 Å². The number of carbonyl (C=O) groups excluding carboxylic acids is 1. The number of benzene rings is 1. The second kappa shape index (κ2) is 14.1. The number of hydrogen-bond donors (Lipinski definition) is 2. The summed E-state index contributed by atoms with van der Waals surface area (Å²) in [6, 6.07) is 7.62. The van der Waals surface area contributed by atoms with E-state index in [1.807, 2.05) is 24.3 Å². The lowest BCUT2D eigenvalue weighted by atomic mass is 9.84. The number of likely N-dealkylation sites (N-methyl/N-ethyl adjacent to an activating group) is 1. The van der Waals surface area contributed by atoms with Gasteiger partial charge in [-0.1, -0.05) is 26.7 Å². The van der Waals surface area contributed by atoms with Gasteiger partial charge in [0.1, 0.15) is 12.4 Å². The zero-order valence-electron chi connectivity index (χ0n) is 16.5. The lowest BCUT2D eigenvalue weighted by Gasteiger charge is -2.31. The molecule has 0 aromatic heterocycles. The van der Waals surface area contributed by atoms with E-state index in [-0.39, 0.29) is 36.8 Å². The minimum Gasteiger partial charge on any atom is -0.492 e. The van der Waals surface area contributed by atoms with Crippen LogP contribution in [0.3, 0.4) is 0 Å². The Morgan fingerprint density at radius 1 is 1.15 bits per heavy atom. The molecule has 0 spiro atoms. The number of nitrogens with zero attached hydrogens (tertiary/aromatic N) is 1. The van der Waals surface area contributed by atoms with E-state index in [0.717, 1.165) is 38.2 Å². The van der Waals surface area contributed by atoms with Gasteiger partial charge in [0.05, 0.1) is 0 Å². The molecular formula is C20H35Cl2N3O2. The van der Waals surface area contributed by atoms with Crippen molar-refractivity contribution in [2.45, 2.75) is 45.6 Å². The third kappa shape index (κ3) is 8.26. The third-order valence-corrected chi connectivity index (χ3v) is 5.22. The van der Waals surface area contributed by atoms with Gasteiger partial charge in [-0.25, -0.2) is 0 Å². The van der Waals surface area contributed by atoms with Crippen molar-refractivity contribution < 1.29 is 9.53 Å². The predicted molar refractivity (Wildman–Crippen MR) is 116 cm³/mol. The van der Waals surface area contributed by atoms with Gasteiger partial charge in [-0.3, -0.25) is 4.79 Å². The SMILES string of the molecule is CCN(CC)CCOc1ccc(C(=O)NC2CCCCC2CN)cc1.Cl.Cl. The van der Waals surface area contributed by atoms with E-state index in [4.69, 9.17) is 10.5 Å². The van der Waals surface area contributed by atoms with Crippen molar-refractivity contribution in [3.05, 3.63) is 29.8 Å². The molecule has 2 unspecified atom stereocenters. The molecule has 0 aliphatic heterocycles. The second-order valence-corrected chi connectivity index (χ2v) is 6.76. The number of nitrogens with one attached hydrogen (secondary N) is 1. The molecule has 2 atom stereocenters. The summed E-state index contributed by atoms with van der Waals surface area (Å²) in [5.74, 6) is 1.20. The molecule has 7 heteroatoms. The smallest absolute Gasteiger partial charge is 0.251 e. The van der Waals surface area contributed by atoms with E-state index in [9.17, 15) is 4.79 Å². The summed E-state index contributed by atoms with van der Waals surface area (Å²) in [4.78, 5) is 14.8. The average Bonchev–Trinajstić information content (AvgIpc) is 2.66. The molecule has 1 aromatic carbocycles. The van der Waals surface area contributed by atoms with Crippen LogP contribution in [0.1, 0.15) is 49.9 Å². The lowest BCUT2D eigenvalue weighted by molar-refractivity contribution is 0.0908. The first-order valence-electron chi connectivity index (χ1n) is 9.64. The molecule has 3 N–H and O–H groups in total. The first-order valence-corrected chi connectivity index (χ1v) is 9.64. The van der Waals surface area contributed by atoms with Crippen molar-refractivity contribution in [3.63, 3.8) is 0 Å². The van der Waals surface area contributed by atoms with Crippen LogP contribution in [0.5, 0.6) is 5.75 Å². The lowest BCUT2D eigenvalue weighted by Crippen LogP contribution is -2.44. The molecule has 1 amide bonds. The number of amides is 1. The monoisotopic (exact) mass is 419 g/mol. The highest BCUT2D eigenvalue weighted by atomic mass is 35.5. The molecule has 1 aromatic rings. The molecular weight excluding hydrogens is 385 g/mol. The van der Waals surface area contributed by atoms with Crippen molar-refractivity contribution in [1.82, 2.24) is 10.2 Å². The zero-order chi connectivity index (χ0) is 18.1. The summed E-state index contributed by atoms with van der Waals surface area (Å²) in [7, 11) is 0. The minimum absolute atomic E-state index is 0. The van der Waals surface area contributed by atoms with E-state index >= 15 is 0 Å². The van der Waals surface area contributed by atoms with E-state index in [1.54, 1.807) is 0 Å². The molecule has 5 nitrogen and oxygen atoms in total. The highest BCUT2D eigenvalue weighted by molar-refractivity contribution is 5.94. The Balaban J connectivity index is 0.00000338. The average molecular weight is 420 g/mol. The second-order valence-electron chi connectivity index (χ2n) is 6.76. The predicted octanol–water partition coefficient (Wildman–Crippen LogP) is 3.50. The van der Waals surface area contributed by atoms with Crippen LogP contribution in [-0.2, 0) is 0 Å². The number of halogens is 2. The van der Waals surface area contributed by atoms with Crippen LogP contribution in [0.2, 0.25) is 0 Å². The van der Waals surface area contributed by atoms with E-state index in [1.165, 1.54) is 12.8 Å². The van der Waals surface area contributed by atoms with Gasteiger partial charge in [0.2, 0.25) is 0 Å². The number of carbonyl (C=O) groups is 1. The number of hydrogen-bond acceptors (Lipinski definition) is 4. The van der Waals surface area contributed by atoms with Crippen LogP contribution in [0, 0.1) is 5.92 Å². The largest absolute Gasteiger partial charge is 0.492 e. The maximum Gasteiger partial charge on any atom is 0.251 e. The third-order valence-electron chi connectivity index (χ3n) is 5.22. The number of nitrogens with two attached hydrogens (primary N) is 1. The standard InChI is InChI=1S/C20H33N3O2.2ClH/c1-3-23(4-2)13-14-25-18-11-9-16(10-12-18)20(24)22-19-8-6-5-7-17(19)15-21;;/h9-12,17,19H,3-8,13-15,21H2,1-2H3,(H,22,24);2*1H. The van der Waals surface area contributed by atoms with Crippen LogP contribution in [-0.4, -0.2) is 49.6 Å². The van der Waals surface area contributed by atoms with Crippen LogP contribution < -0.4 is 15.8 Å². The van der Waals surface area contributed by atoms with Gasteiger partial charge < -0.3 is 20.7 Å². The van der Waals surface area contributed by atoms with Crippen molar-refractivity contribution in [2.75, 3.05) is 32.8 Å². The van der Waals surface area contributed by atoms with Gasteiger partial charge >= 0.3 is 0 Å². The Morgan fingerprint density at radius 2 is 1.78 bits per heavy atom. The molecule has 0 saturated heterocycles. The van der Waals surface area contributed by atoms with Gasteiger partial charge in [0.15, 0.2) is 0 Å². The summed E-state index contributed by atoms with van der Waals surface area (Å²) < 4.78 is 5.77. The fourth-order valence-corrected chi connectivity index (χ4v) is 3.47. The highest BCUT2D eigenvalue weighted by Gasteiger charge is 2.25. The zero-order valence-corrected chi connectivity index (χ0v) is 18.1. The highest BCUT2D eigenvalue weighted by Crippen LogP contribution is 2.24. The van der Waals surface area contributed by atoms with Crippen LogP contribution >= 0.6 is 24.8 Å². The summed E-state index contributed by atoms with van der Waals surface area (Å²) in [5.41, 5.74) is 6.52. The molecule has 1 aliphatic carbocycles. The maximum absolute atomic E-state index is 12.5. The number of ether oxygens (including phenoxy) is 1. The molecule has 1 aliphatic rings. The van der Waals surface area contributed by atoms with Gasteiger partial charge in [-0.05, 0) is 62.7 Å². The Kier molecular flexibility index (Phi) is 13.5. The van der Waals surface area contributed by atoms with E-state index in [2.05, 4.69) is 24.1 Å². The molecule has 1 fully saturated rings. The summed E-state index contributed by atoms with van der Waals surface area (Å²) in [5, 5.41) is 3.16. The normalized spacial score (nSPS) is 19.0. The quantitative estimate of drug-likeness (QED) is 0.642. The molecule has 27 heavy (non-hydrogen) atoms. The number of rotatable bonds is 9. The van der Waals surface area contributed by atoms with Gasteiger partial charge in [-0.15, -0.1) is 24.8 Å². The molecule has 1 saturated carbocycles. The van der Waals surface area contributed by atoms with Crippen LogP contribution in [0.15, 0.2) is 24.3 Å². The summed E-state index contributed by atoms with van der Waals surface area (Å²) >= 11 is 0. The van der Waals surface area contributed by atoms with Crippen molar-refractivity contribution in [2.24, 2.45) is 11.7 Å². The summed E-state index contributed by atoms with van der Waals surface area (Å²) in [6.45, 7) is 8.58. The maximum atomic E-state index is 12.5. The van der Waals surface area contributed by atoms with Gasteiger partial charge in [-0.2, -0.15) is 0 Å². The Bertz CT molecular complexity index is 524. The topological polar surface area (TPSA) is 67.6 Å². The molecule has 2 rings (SSSR count). The first kappa shape index (κ1) is 26.0.